The molecule has 2 aliphatic heterocycles. The average Bonchev–Trinajstić information content (AvgIpc) is 3.82. The summed E-state index contributed by atoms with van der Waals surface area (Å²) < 4.78 is 42.7. The minimum Gasteiger partial charge on any atom is -0.463 e. The zero-order chi connectivity index (χ0) is 39.0. The Morgan fingerprint density at radius 1 is 0.875 bits per heavy atom. The molecule has 1 saturated heterocycles. The summed E-state index contributed by atoms with van der Waals surface area (Å²) in [6, 6.07) is 26.0. The van der Waals surface area contributed by atoms with E-state index in [2.05, 4.69) is 39.0 Å². The number of halogens is 2. The molecule has 4 aliphatic rings. The third-order valence-electron chi connectivity index (χ3n) is 11.1. The van der Waals surface area contributed by atoms with Crippen molar-refractivity contribution >= 4 is 28.9 Å². The predicted octanol–water partition coefficient (Wildman–Crippen LogP) is 7.16. The molecule has 0 amide bonds. The molecule has 3 aromatic carbocycles. The molecule has 3 unspecified atom stereocenters. The maximum atomic E-state index is 15.6. The highest BCUT2D eigenvalue weighted by molar-refractivity contribution is 6.05. The zero-order valence-electron chi connectivity index (χ0n) is 31.5. The number of ether oxygens (including phenoxy) is 2. The molecule has 10 heteroatoms. The topological polar surface area (TPSA) is 84.0 Å². The molecule has 3 atom stereocenters. The van der Waals surface area contributed by atoms with Gasteiger partial charge in [0.05, 0.1) is 35.3 Å². The van der Waals surface area contributed by atoms with Gasteiger partial charge < -0.3 is 24.6 Å². The number of nitrogens with zero attached hydrogens (tertiary/aromatic N) is 3. The quantitative estimate of drug-likeness (QED) is 0.158. The number of carbonyl (C=O) groups excluding carboxylic acids is 2. The van der Waals surface area contributed by atoms with E-state index in [9.17, 15) is 9.59 Å². The summed E-state index contributed by atoms with van der Waals surface area (Å²) in [6.45, 7) is 7.11. The molecule has 4 aromatic rings. The van der Waals surface area contributed by atoms with E-state index in [1.807, 2.05) is 54.6 Å². The van der Waals surface area contributed by atoms with Crippen molar-refractivity contribution in [3.8, 4) is 11.8 Å². The Hall–Kier alpha value is -6.05. The fourth-order valence-electron chi connectivity index (χ4n) is 8.24. The molecule has 3 heterocycles. The number of fused-ring (bicyclic) bond motifs is 5. The van der Waals surface area contributed by atoms with Crippen LogP contribution in [-0.4, -0.2) is 74.2 Å². The number of dihydropyridines is 1. The third-order valence-corrected chi connectivity index (χ3v) is 11.1. The number of piperazine rings is 1. The molecule has 8 rings (SSSR count). The Labute approximate surface area is 325 Å². The molecular formula is C46H42F2N4O4. The van der Waals surface area contributed by atoms with E-state index in [0.29, 0.717) is 44.8 Å². The van der Waals surface area contributed by atoms with E-state index >= 15 is 8.78 Å². The number of rotatable bonds is 7. The van der Waals surface area contributed by atoms with Crippen LogP contribution in [0, 0.1) is 17.8 Å². The van der Waals surface area contributed by atoms with Gasteiger partial charge >= 0.3 is 11.9 Å². The summed E-state index contributed by atoms with van der Waals surface area (Å²) in [5.41, 5.74) is 6.78. The van der Waals surface area contributed by atoms with Crippen molar-refractivity contribution in [1.29, 1.82) is 0 Å². The Bertz CT molecular complexity index is 2280. The van der Waals surface area contributed by atoms with Gasteiger partial charge in [-0.2, -0.15) is 0 Å². The lowest BCUT2D eigenvalue weighted by Gasteiger charge is -2.34. The van der Waals surface area contributed by atoms with Crippen LogP contribution < -0.4 is 10.2 Å². The van der Waals surface area contributed by atoms with Crippen LogP contribution >= 0.6 is 0 Å². The van der Waals surface area contributed by atoms with Crippen LogP contribution in [0.1, 0.15) is 59.1 Å². The molecule has 8 nitrogen and oxygen atoms in total. The number of nitrogens with one attached hydrogen (secondary N) is 1. The highest BCUT2D eigenvalue weighted by Gasteiger charge is 2.70. The van der Waals surface area contributed by atoms with Crippen LogP contribution in [-0.2, 0) is 19.1 Å². The Kier molecular flexibility index (Phi) is 10.0. The van der Waals surface area contributed by atoms with Crippen LogP contribution in [0.4, 0.5) is 14.5 Å². The van der Waals surface area contributed by atoms with Gasteiger partial charge in [0.2, 0.25) is 0 Å². The molecule has 0 radical (unpaired) electrons. The summed E-state index contributed by atoms with van der Waals surface area (Å²) in [5.74, 6) is -1.33. The number of carbonyl (C=O) groups is 2. The minimum atomic E-state index is -2.91. The molecule has 0 spiro atoms. The van der Waals surface area contributed by atoms with Crippen molar-refractivity contribution < 1.29 is 27.8 Å². The molecule has 0 bridgehead atoms. The second-order valence-electron chi connectivity index (χ2n) is 14.5. The van der Waals surface area contributed by atoms with Crippen LogP contribution in [0.5, 0.6) is 0 Å². The van der Waals surface area contributed by atoms with E-state index in [1.165, 1.54) is 0 Å². The van der Waals surface area contributed by atoms with Crippen LogP contribution in [0.3, 0.4) is 0 Å². The second-order valence-corrected chi connectivity index (χ2v) is 14.5. The van der Waals surface area contributed by atoms with E-state index in [4.69, 9.17) is 9.47 Å². The van der Waals surface area contributed by atoms with Crippen LogP contribution in [0.15, 0.2) is 120 Å². The average molecular weight is 753 g/mol. The van der Waals surface area contributed by atoms with E-state index in [-0.39, 0.29) is 24.4 Å². The summed E-state index contributed by atoms with van der Waals surface area (Å²) in [5, 5.41) is 3.38. The monoisotopic (exact) mass is 752 g/mol. The van der Waals surface area contributed by atoms with E-state index < -0.39 is 35.6 Å². The Morgan fingerprint density at radius 3 is 2.14 bits per heavy atom. The Morgan fingerprint density at radius 2 is 1.52 bits per heavy atom. The number of hydrogen-bond acceptors (Lipinski definition) is 8. The number of benzene rings is 3. The van der Waals surface area contributed by atoms with Gasteiger partial charge in [0.1, 0.15) is 0 Å². The van der Waals surface area contributed by atoms with Gasteiger partial charge in [-0.15, -0.1) is 0 Å². The van der Waals surface area contributed by atoms with Crippen molar-refractivity contribution in [2.45, 2.75) is 31.6 Å². The normalized spacial score (nSPS) is 21.0. The van der Waals surface area contributed by atoms with E-state index in [0.717, 1.165) is 37.4 Å². The fraction of sp³-hybridized carbons (Fsp3) is 0.283. The van der Waals surface area contributed by atoms with Crippen molar-refractivity contribution in [1.82, 2.24) is 15.2 Å². The highest BCUT2D eigenvalue weighted by atomic mass is 19.3. The fourth-order valence-corrected chi connectivity index (χ4v) is 8.24. The first kappa shape index (κ1) is 36.9. The number of aromatic nitrogens is 1. The lowest BCUT2D eigenvalue weighted by Crippen LogP contribution is -2.44. The van der Waals surface area contributed by atoms with Crippen molar-refractivity contribution in [2.24, 2.45) is 5.92 Å². The summed E-state index contributed by atoms with van der Waals surface area (Å²) in [6.07, 6.45) is 5.12. The van der Waals surface area contributed by atoms with Gasteiger partial charge in [-0.05, 0) is 78.6 Å². The highest BCUT2D eigenvalue weighted by Crippen LogP contribution is 2.70. The Balaban J connectivity index is 1.27. The summed E-state index contributed by atoms with van der Waals surface area (Å²) in [4.78, 5) is 37.3. The smallest absolute Gasteiger partial charge is 0.337 e. The van der Waals surface area contributed by atoms with Gasteiger partial charge in [0.25, 0.3) is 5.92 Å². The van der Waals surface area contributed by atoms with Crippen LogP contribution in [0.2, 0.25) is 0 Å². The van der Waals surface area contributed by atoms with Gasteiger partial charge in [0, 0.05) is 61.4 Å². The lowest BCUT2D eigenvalue weighted by atomic mass is 9.80. The predicted molar refractivity (Wildman–Crippen MR) is 211 cm³/mol. The van der Waals surface area contributed by atoms with Gasteiger partial charge in [0.15, 0.2) is 6.61 Å². The number of likely N-dealkylation sites (N-methyl/N-ethyl adjacent to an activating group) is 1. The second kappa shape index (κ2) is 15.2. The number of alkyl halides is 2. The molecule has 1 aromatic heterocycles. The largest absolute Gasteiger partial charge is 0.463 e. The van der Waals surface area contributed by atoms with Gasteiger partial charge in [-0.25, -0.2) is 18.4 Å². The number of pyridine rings is 1. The maximum absolute atomic E-state index is 15.6. The molecule has 1 saturated carbocycles. The van der Waals surface area contributed by atoms with Crippen LogP contribution in [0.25, 0.3) is 11.3 Å². The number of hydrogen-bond donors (Lipinski definition) is 1. The molecule has 2 fully saturated rings. The standard InChI is InChI=1S/C46H42F2N4O4/c1-4-55-45(54)40-38(27-37-33-13-5-7-15-35(33)41-42(46(41,47)48)36-16-8-6-14-34(36)37)39(44(53)56-26-10-12-30-11-9-21-49-28-30)29(2)50-43(40)31-17-19-32(20-18-31)52-24-22-51(3)23-25-52/h5-9,11,13-21,27-28,38,41-42,50H,4,22-26H2,1-3H3. The van der Waals surface area contributed by atoms with Crippen molar-refractivity contribution in [3.63, 3.8) is 0 Å². The first-order valence-electron chi connectivity index (χ1n) is 18.9. The first-order chi connectivity index (χ1) is 27.2. The molecule has 2 aliphatic carbocycles. The third kappa shape index (κ3) is 6.88. The number of allylic oxidation sites excluding steroid dienone is 2. The maximum Gasteiger partial charge on any atom is 0.337 e. The van der Waals surface area contributed by atoms with Gasteiger partial charge in [-0.1, -0.05) is 78.6 Å². The van der Waals surface area contributed by atoms with Crippen molar-refractivity contribution in [2.75, 3.05) is 51.3 Å². The van der Waals surface area contributed by atoms with E-state index in [1.54, 1.807) is 62.6 Å². The minimum absolute atomic E-state index is 0.0950. The molecule has 56 heavy (non-hydrogen) atoms. The molecule has 1 N–H and O–H groups in total. The first-order valence-corrected chi connectivity index (χ1v) is 18.9. The number of esters is 2. The van der Waals surface area contributed by atoms with Gasteiger partial charge in [-0.3, -0.25) is 4.98 Å². The summed E-state index contributed by atoms with van der Waals surface area (Å²) >= 11 is 0. The SMILES string of the molecule is CCOC(=O)C1=C(c2ccc(N3CCN(C)CC3)cc2)NC(C)=C(C(=O)OCC#Cc2cccnc2)C1C=C1c2ccccc2C2C(c3ccccc31)C2(F)F. The molecule has 284 valence electrons. The summed E-state index contributed by atoms with van der Waals surface area (Å²) in [7, 11) is 2.12. The number of anilines is 1. The molecular weight excluding hydrogens is 711 g/mol. The lowest BCUT2D eigenvalue weighted by molar-refractivity contribution is -0.139. The van der Waals surface area contributed by atoms with Crippen molar-refractivity contribution in [3.05, 3.63) is 154 Å². The zero-order valence-corrected chi connectivity index (χ0v) is 31.5.